The molecule has 0 atom stereocenters. The summed E-state index contributed by atoms with van der Waals surface area (Å²) in [5.74, 6) is 0.328. The number of aryl methyl sites for hydroxylation is 1. The van der Waals surface area contributed by atoms with Crippen molar-refractivity contribution < 1.29 is 9.18 Å². The van der Waals surface area contributed by atoms with Crippen LogP contribution in [0.4, 0.5) is 4.39 Å². The molecule has 2 aromatic carbocycles. The van der Waals surface area contributed by atoms with Crippen LogP contribution in [0.5, 0.6) is 0 Å². The molecule has 5 nitrogen and oxygen atoms in total. The van der Waals surface area contributed by atoms with Crippen LogP contribution in [0.15, 0.2) is 48.5 Å². The van der Waals surface area contributed by atoms with Crippen molar-refractivity contribution >= 4 is 5.91 Å². The monoisotopic (exact) mass is 324 g/mol. The van der Waals surface area contributed by atoms with Gasteiger partial charge < -0.3 is 5.32 Å². The van der Waals surface area contributed by atoms with Gasteiger partial charge in [-0.25, -0.2) is 9.37 Å². The predicted molar refractivity (Wildman–Crippen MR) is 89.0 cm³/mol. The average molecular weight is 324 g/mol. The molecule has 3 rings (SSSR count). The van der Waals surface area contributed by atoms with Gasteiger partial charge in [0.15, 0.2) is 5.82 Å². The summed E-state index contributed by atoms with van der Waals surface area (Å²) in [5.41, 5.74) is 1.74. The molecule has 1 amide bonds. The second kappa shape index (κ2) is 7.04. The lowest BCUT2D eigenvalue weighted by Crippen LogP contribution is -2.26. The summed E-state index contributed by atoms with van der Waals surface area (Å²) in [6.07, 6.45) is 0.485. The molecule has 0 aliphatic heterocycles. The number of amides is 1. The Kier molecular flexibility index (Phi) is 4.65. The number of benzene rings is 2. The van der Waals surface area contributed by atoms with Crippen LogP contribution < -0.4 is 5.32 Å². The molecule has 1 aromatic heterocycles. The zero-order chi connectivity index (χ0) is 16.9. The maximum absolute atomic E-state index is 13.8. The van der Waals surface area contributed by atoms with Crippen LogP contribution in [0.3, 0.4) is 0 Å². The molecule has 0 unspecified atom stereocenters. The summed E-state index contributed by atoms with van der Waals surface area (Å²) in [7, 11) is 0. The van der Waals surface area contributed by atoms with Gasteiger partial charge in [0.05, 0.1) is 5.56 Å². The summed E-state index contributed by atoms with van der Waals surface area (Å²) < 4.78 is 13.8. The molecule has 2 N–H and O–H groups in total. The molecule has 0 aliphatic rings. The number of halogens is 1. The first-order valence-corrected chi connectivity index (χ1v) is 7.64. The Bertz CT molecular complexity index is 845. The molecule has 0 spiro atoms. The van der Waals surface area contributed by atoms with Crippen LogP contribution in [0.25, 0.3) is 11.4 Å². The fourth-order valence-corrected chi connectivity index (χ4v) is 2.32. The summed E-state index contributed by atoms with van der Waals surface area (Å²) in [5, 5.41) is 9.70. The molecule has 0 radical (unpaired) electrons. The van der Waals surface area contributed by atoms with Crippen LogP contribution in [0.1, 0.15) is 21.7 Å². The molecule has 1 heterocycles. The van der Waals surface area contributed by atoms with Gasteiger partial charge in [0.1, 0.15) is 11.6 Å². The molecule has 0 saturated carbocycles. The number of aromatic amines is 1. The van der Waals surface area contributed by atoms with E-state index in [-0.39, 0.29) is 5.56 Å². The van der Waals surface area contributed by atoms with Crippen molar-refractivity contribution in [2.24, 2.45) is 0 Å². The van der Waals surface area contributed by atoms with Gasteiger partial charge >= 0.3 is 0 Å². The molecule has 3 aromatic rings. The third kappa shape index (κ3) is 3.65. The van der Waals surface area contributed by atoms with Crippen LogP contribution in [0, 0.1) is 12.7 Å². The van der Waals surface area contributed by atoms with E-state index in [1.165, 1.54) is 12.1 Å². The minimum atomic E-state index is -0.515. The molecule has 0 saturated heterocycles. The van der Waals surface area contributed by atoms with E-state index in [9.17, 15) is 9.18 Å². The highest BCUT2D eigenvalue weighted by Crippen LogP contribution is 2.13. The summed E-state index contributed by atoms with van der Waals surface area (Å²) in [6, 6.07) is 14.2. The van der Waals surface area contributed by atoms with Crippen LogP contribution >= 0.6 is 0 Å². The van der Waals surface area contributed by atoms with Crippen molar-refractivity contribution in [1.29, 1.82) is 0 Å². The second-order valence-corrected chi connectivity index (χ2v) is 5.46. The van der Waals surface area contributed by atoms with E-state index >= 15 is 0 Å². The van der Waals surface area contributed by atoms with Crippen molar-refractivity contribution in [3.05, 3.63) is 71.3 Å². The van der Waals surface area contributed by atoms with Crippen molar-refractivity contribution in [1.82, 2.24) is 20.5 Å². The summed E-state index contributed by atoms with van der Waals surface area (Å²) in [6.45, 7) is 2.12. The molecule has 0 aliphatic carbocycles. The quantitative estimate of drug-likeness (QED) is 0.758. The Labute approximate surface area is 138 Å². The van der Waals surface area contributed by atoms with Gasteiger partial charge in [-0.1, -0.05) is 36.4 Å². The fourth-order valence-electron chi connectivity index (χ4n) is 2.32. The van der Waals surface area contributed by atoms with E-state index in [1.807, 2.05) is 30.3 Å². The third-order valence-corrected chi connectivity index (χ3v) is 3.58. The lowest BCUT2D eigenvalue weighted by atomic mass is 10.1. The van der Waals surface area contributed by atoms with Gasteiger partial charge in [0, 0.05) is 18.5 Å². The maximum Gasteiger partial charge on any atom is 0.254 e. The zero-order valence-corrected chi connectivity index (χ0v) is 13.2. The molecule has 0 fully saturated rings. The minimum absolute atomic E-state index is 0.0446. The van der Waals surface area contributed by atoms with E-state index in [4.69, 9.17) is 0 Å². The Morgan fingerprint density at radius 2 is 2.00 bits per heavy atom. The standard InChI is InChI=1S/C18H17FN4O/c1-12-7-8-14(15(19)11-12)18(24)20-10-9-16-21-17(23-22-16)13-5-3-2-4-6-13/h2-8,11H,9-10H2,1H3,(H,20,24)(H,21,22,23). The van der Waals surface area contributed by atoms with Gasteiger partial charge in [0.25, 0.3) is 5.91 Å². The lowest BCUT2D eigenvalue weighted by molar-refractivity contribution is 0.0950. The molecule has 6 heteroatoms. The molecular weight excluding hydrogens is 307 g/mol. The van der Waals surface area contributed by atoms with Gasteiger partial charge in [0.2, 0.25) is 0 Å². The van der Waals surface area contributed by atoms with E-state index < -0.39 is 11.7 Å². The number of carbonyl (C=O) groups is 1. The number of nitrogens with one attached hydrogen (secondary N) is 2. The number of hydrogen-bond donors (Lipinski definition) is 2. The number of H-pyrrole nitrogens is 1. The van der Waals surface area contributed by atoms with Crippen LogP contribution in [-0.4, -0.2) is 27.6 Å². The number of aromatic nitrogens is 3. The Morgan fingerprint density at radius 1 is 1.21 bits per heavy atom. The van der Waals surface area contributed by atoms with Gasteiger partial charge in [-0.05, 0) is 24.6 Å². The van der Waals surface area contributed by atoms with Gasteiger partial charge in [-0.2, -0.15) is 5.10 Å². The number of carbonyl (C=O) groups excluding carboxylic acids is 1. The van der Waals surface area contributed by atoms with Crippen molar-refractivity contribution in [2.45, 2.75) is 13.3 Å². The normalized spacial score (nSPS) is 10.6. The molecule has 24 heavy (non-hydrogen) atoms. The maximum atomic E-state index is 13.8. The number of nitrogens with zero attached hydrogens (tertiary/aromatic N) is 2. The first-order valence-electron chi connectivity index (χ1n) is 7.64. The van der Waals surface area contributed by atoms with E-state index in [0.717, 1.165) is 11.1 Å². The fraction of sp³-hybridized carbons (Fsp3) is 0.167. The molecule has 0 bridgehead atoms. The van der Waals surface area contributed by atoms with Crippen LogP contribution in [-0.2, 0) is 6.42 Å². The van der Waals surface area contributed by atoms with Gasteiger partial charge in [-0.3, -0.25) is 9.89 Å². The lowest BCUT2D eigenvalue weighted by Gasteiger charge is -2.05. The minimum Gasteiger partial charge on any atom is -0.351 e. The van der Waals surface area contributed by atoms with Crippen molar-refractivity contribution in [3.63, 3.8) is 0 Å². The van der Waals surface area contributed by atoms with E-state index in [0.29, 0.717) is 24.6 Å². The van der Waals surface area contributed by atoms with Crippen molar-refractivity contribution in [3.8, 4) is 11.4 Å². The Hall–Kier alpha value is -3.02. The summed E-state index contributed by atoms with van der Waals surface area (Å²) in [4.78, 5) is 16.4. The summed E-state index contributed by atoms with van der Waals surface area (Å²) >= 11 is 0. The largest absolute Gasteiger partial charge is 0.351 e. The zero-order valence-electron chi connectivity index (χ0n) is 13.2. The molecule has 122 valence electrons. The van der Waals surface area contributed by atoms with Gasteiger partial charge in [-0.15, -0.1) is 0 Å². The highest BCUT2D eigenvalue weighted by atomic mass is 19.1. The molecular formula is C18H17FN4O. The van der Waals surface area contributed by atoms with E-state index in [1.54, 1.807) is 13.0 Å². The SMILES string of the molecule is Cc1ccc(C(=O)NCCc2nc(-c3ccccc3)n[nH]2)c(F)c1. The first kappa shape index (κ1) is 15.9. The third-order valence-electron chi connectivity index (χ3n) is 3.58. The topological polar surface area (TPSA) is 70.7 Å². The Balaban J connectivity index is 1.57. The van der Waals surface area contributed by atoms with Crippen molar-refractivity contribution in [2.75, 3.05) is 6.54 Å². The smallest absolute Gasteiger partial charge is 0.254 e. The number of hydrogen-bond acceptors (Lipinski definition) is 3. The average Bonchev–Trinajstić information content (AvgIpc) is 3.04. The Morgan fingerprint density at radius 3 is 2.75 bits per heavy atom. The predicted octanol–water partition coefficient (Wildman–Crippen LogP) is 2.89. The second-order valence-electron chi connectivity index (χ2n) is 5.46. The van der Waals surface area contributed by atoms with Crippen LogP contribution in [0.2, 0.25) is 0 Å². The van der Waals surface area contributed by atoms with E-state index in [2.05, 4.69) is 20.5 Å². The first-order chi connectivity index (χ1) is 11.6. The highest BCUT2D eigenvalue weighted by Gasteiger charge is 2.11. The highest BCUT2D eigenvalue weighted by molar-refractivity contribution is 5.94. The number of rotatable bonds is 5.